The number of allylic oxidation sites excluding steroid dienone is 4. The second kappa shape index (κ2) is 4.34. The van der Waals surface area contributed by atoms with E-state index in [0.717, 1.165) is 0 Å². The van der Waals surface area contributed by atoms with Crippen LogP contribution >= 0.6 is 0 Å². The van der Waals surface area contributed by atoms with Gasteiger partial charge >= 0.3 is 0 Å². The third-order valence-corrected chi connectivity index (χ3v) is 0.835. The Labute approximate surface area is 60.8 Å². The van der Waals surface area contributed by atoms with Gasteiger partial charge in [0.1, 0.15) is 6.29 Å². The average Bonchev–Trinajstić information content (AvgIpc) is 1.99. The summed E-state index contributed by atoms with van der Waals surface area (Å²) < 4.78 is 0. The molecule has 0 aliphatic heterocycles. The number of carbonyl (C=O) groups is 1. The standard InChI is InChI=1S/C9H8O/c1-4-8(2)5-6-9(3)7-10/h1,5-7H,2-3H2/b6-5-. The van der Waals surface area contributed by atoms with Crippen molar-refractivity contribution in [1.29, 1.82) is 0 Å². The van der Waals surface area contributed by atoms with E-state index in [1.807, 2.05) is 0 Å². The van der Waals surface area contributed by atoms with E-state index in [4.69, 9.17) is 6.42 Å². The lowest BCUT2D eigenvalue weighted by Gasteiger charge is -1.83. The summed E-state index contributed by atoms with van der Waals surface area (Å²) in [5.41, 5.74) is 0.916. The van der Waals surface area contributed by atoms with Crippen molar-refractivity contribution in [2.24, 2.45) is 0 Å². The Morgan fingerprint density at radius 2 is 2.00 bits per heavy atom. The van der Waals surface area contributed by atoms with E-state index in [1.165, 1.54) is 6.08 Å². The van der Waals surface area contributed by atoms with Crippen molar-refractivity contribution in [2.45, 2.75) is 0 Å². The van der Waals surface area contributed by atoms with Gasteiger partial charge in [0.15, 0.2) is 0 Å². The van der Waals surface area contributed by atoms with E-state index in [9.17, 15) is 4.79 Å². The highest BCUT2D eigenvalue weighted by Gasteiger charge is 1.81. The second-order valence-electron chi connectivity index (χ2n) is 1.70. The summed E-state index contributed by atoms with van der Waals surface area (Å²) in [7, 11) is 0. The molecule has 1 heteroatoms. The highest BCUT2D eigenvalue weighted by Crippen LogP contribution is 1.93. The first-order chi connectivity index (χ1) is 4.70. The van der Waals surface area contributed by atoms with Crippen LogP contribution in [0.5, 0.6) is 0 Å². The molecule has 0 N–H and O–H groups in total. The van der Waals surface area contributed by atoms with Crippen LogP contribution < -0.4 is 0 Å². The smallest absolute Gasteiger partial charge is 0.149 e. The van der Waals surface area contributed by atoms with Crippen molar-refractivity contribution in [3.63, 3.8) is 0 Å². The summed E-state index contributed by atoms with van der Waals surface area (Å²) in [6, 6.07) is 0. The van der Waals surface area contributed by atoms with E-state index >= 15 is 0 Å². The molecule has 0 aromatic heterocycles. The number of terminal acetylenes is 1. The van der Waals surface area contributed by atoms with Crippen LogP contribution in [0.2, 0.25) is 0 Å². The fourth-order valence-corrected chi connectivity index (χ4v) is 0.295. The number of aldehydes is 1. The zero-order valence-electron chi connectivity index (χ0n) is 5.63. The van der Waals surface area contributed by atoms with Crippen LogP contribution in [0, 0.1) is 12.3 Å². The number of hydrogen-bond donors (Lipinski definition) is 0. The van der Waals surface area contributed by atoms with Gasteiger partial charge < -0.3 is 0 Å². The minimum atomic E-state index is 0.386. The molecule has 0 saturated carbocycles. The molecule has 0 unspecified atom stereocenters. The van der Waals surface area contributed by atoms with Gasteiger partial charge in [-0.3, -0.25) is 4.79 Å². The van der Waals surface area contributed by atoms with Crippen LogP contribution in [0.4, 0.5) is 0 Å². The molecule has 10 heavy (non-hydrogen) atoms. The SMILES string of the molecule is C#CC(=C)/C=C\C(=C)C=O. The van der Waals surface area contributed by atoms with E-state index in [-0.39, 0.29) is 0 Å². The van der Waals surface area contributed by atoms with Gasteiger partial charge in [-0.1, -0.05) is 25.2 Å². The molecule has 0 spiro atoms. The summed E-state index contributed by atoms with van der Waals surface area (Å²) in [6.45, 7) is 6.91. The molecule has 1 nitrogen and oxygen atoms in total. The van der Waals surface area contributed by atoms with Gasteiger partial charge in [-0.15, -0.1) is 6.42 Å². The predicted octanol–water partition coefficient (Wildman–Crippen LogP) is 1.49. The van der Waals surface area contributed by atoms with Crippen LogP contribution in [-0.2, 0) is 4.79 Å². The Kier molecular flexibility index (Phi) is 3.67. The molecule has 0 amide bonds. The molecule has 0 aliphatic carbocycles. The molecule has 0 heterocycles. The van der Waals surface area contributed by atoms with E-state index in [1.54, 1.807) is 6.08 Å². The molecule has 0 saturated heterocycles. The molecule has 0 bridgehead atoms. The first kappa shape index (κ1) is 8.45. The Balaban J connectivity index is 4.03. The lowest BCUT2D eigenvalue weighted by Crippen LogP contribution is -1.74. The van der Waals surface area contributed by atoms with E-state index < -0.39 is 0 Å². The normalized spacial score (nSPS) is 8.70. The average molecular weight is 132 g/mol. The van der Waals surface area contributed by atoms with Gasteiger partial charge in [0, 0.05) is 11.1 Å². The van der Waals surface area contributed by atoms with Crippen molar-refractivity contribution in [1.82, 2.24) is 0 Å². The molecule has 50 valence electrons. The van der Waals surface area contributed by atoms with Crippen LogP contribution in [-0.4, -0.2) is 6.29 Å². The van der Waals surface area contributed by atoms with Crippen molar-refractivity contribution >= 4 is 6.29 Å². The maximum Gasteiger partial charge on any atom is 0.149 e. The zero-order chi connectivity index (χ0) is 7.98. The lowest BCUT2D eigenvalue weighted by atomic mass is 10.2. The zero-order valence-corrected chi connectivity index (χ0v) is 5.63. The molecule has 0 radical (unpaired) electrons. The summed E-state index contributed by atoms with van der Waals surface area (Å²) in [5.74, 6) is 2.31. The fourth-order valence-electron chi connectivity index (χ4n) is 0.295. The highest BCUT2D eigenvalue weighted by atomic mass is 16.1. The molecule has 0 aromatic carbocycles. The van der Waals surface area contributed by atoms with Crippen molar-refractivity contribution < 1.29 is 4.79 Å². The first-order valence-corrected chi connectivity index (χ1v) is 2.68. The van der Waals surface area contributed by atoms with Crippen molar-refractivity contribution in [3.8, 4) is 12.3 Å². The van der Waals surface area contributed by atoms with Gasteiger partial charge in [-0.2, -0.15) is 0 Å². The second-order valence-corrected chi connectivity index (χ2v) is 1.70. The quantitative estimate of drug-likeness (QED) is 0.246. The minimum absolute atomic E-state index is 0.386. The van der Waals surface area contributed by atoms with Gasteiger partial charge in [0.25, 0.3) is 0 Å². The maximum atomic E-state index is 9.97. The summed E-state index contributed by atoms with van der Waals surface area (Å²) in [5, 5.41) is 0. The van der Waals surface area contributed by atoms with Gasteiger partial charge in [-0.25, -0.2) is 0 Å². The predicted molar refractivity (Wildman–Crippen MR) is 42.3 cm³/mol. The van der Waals surface area contributed by atoms with E-state index in [2.05, 4.69) is 19.1 Å². The van der Waals surface area contributed by atoms with Gasteiger partial charge in [-0.05, 0) is 6.08 Å². The maximum absolute atomic E-state index is 9.97. The topological polar surface area (TPSA) is 17.1 Å². The number of carbonyl (C=O) groups excluding carboxylic acids is 1. The third-order valence-electron chi connectivity index (χ3n) is 0.835. The molecule has 0 fully saturated rings. The van der Waals surface area contributed by atoms with Crippen molar-refractivity contribution in [2.75, 3.05) is 0 Å². The minimum Gasteiger partial charge on any atom is -0.298 e. The largest absolute Gasteiger partial charge is 0.298 e. The Bertz CT molecular complexity index is 226. The van der Waals surface area contributed by atoms with Gasteiger partial charge in [0.2, 0.25) is 0 Å². The molecule has 0 rings (SSSR count). The van der Waals surface area contributed by atoms with Crippen LogP contribution in [0.25, 0.3) is 0 Å². The third kappa shape index (κ3) is 3.45. The van der Waals surface area contributed by atoms with Crippen LogP contribution in [0.1, 0.15) is 0 Å². The molecular weight excluding hydrogens is 124 g/mol. The summed E-state index contributed by atoms with van der Waals surface area (Å²) >= 11 is 0. The van der Waals surface area contributed by atoms with E-state index in [0.29, 0.717) is 17.4 Å². The summed E-state index contributed by atoms with van der Waals surface area (Å²) in [4.78, 5) is 9.97. The highest BCUT2D eigenvalue weighted by molar-refractivity contribution is 5.76. The van der Waals surface area contributed by atoms with Crippen LogP contribution in [0.3, 0.4) is 0 Å². The Morgan fingerprint density at radius 3 is 2.40 bits per heavy atom. The summed E-state index contributed by atoms with van der Waals surface area (Å²) in [6.07, 6.45) is 8.72. The van der Waals surface area contributed by atoms with Crippen molar-refractivity contribution in [3.05, 3.63) is 36.5 Å². The molecule has 0 aliphatic rings. The van der Waals surface area contributed by atoms with Crippen LogP contribution in [0.15, 0.2) is 36.5 Å². The molecule has 0 atom stereocenters. The lowest BCUT2D eigenvalue weighted by molar-refractivity contribution is -0.104. The number of hydrogen-bond acceptors (Lipinski definition) is 1. The number of rotatable bonds is 3. The fraction of sp³-hybridized carbons (Fsp3) is 0. The Hall–Kier alpha value is -1.55. The van der Waals surface area contributed by atoms with Gasteiger partial charge in [0.05, 0.1) is 0 Å². The first-order valence-electron chi connectivity index (χ1n) is 2.68. The Morgan fingerprint density at radius 1 is 1.40 bits per heavy atom. The molecular formula is C9H8O. The molecule has 0 aromatic rings. The monoisotopic (exact) mass is 132 g/mol.